The molecule has 0 spiro atoms. The van der Waals surface area contributed by atoms with E-state index in [4.69, 9.17) is 9.47 Å². The molecular weight excluding hydrogens is 983 g/mol. The second-order valence-corrected chi connectivity index (χ2v) is 12.9. The highest BCUT2D eigenvalue weighted by atomic mass is 127. The zero-order chi connectivity index (χ0) is 22.6. The van der Waals surface area contributed by atoms with E-state index in [9.17, 15) is 22.6 Å². The number of hydrogen-bond acceptors (Lipinski definition) is 6. The van der Waals surface area contributed by atoms with Crippen molar-refractivity contribution in [1.82, 2.24) is 0 Å². The molecule has 30 heavy (non-hydrogen) atoms. The first-order valence-electron chi connectivity index (χ1n) is 7.91. The Kier molecular flexibility index (Phi) is 10.8. The average molecular weight is 994 g/mol. The molecule has 0 aromatic heterocycles. The van der Waals surface area contributed by atoms with E-state index in [0.29, 0.717) is 5.75 Å². The van der Waals surface area contributed by atoms with Gasteiger partial charge in [-0.2, -0.15) is 8.42 Å². The second kappa shape index (κ2) is 11.9. The van der Waals surface area contributed by atoms with Gasteiger partial charge in [-0.25, -0.2) is 0 Å². The van der Waals surface area contributed by atoms with E-state index in [0.717, 1.165) is 10.7 Å². The largest absolute Gasteiger partial charge is 0.426 e. The highest BCUT2D eigenvalue weighted by Gasteiger charge is 2.20. The normalized spacial score (nSPS) is 11.3. The molecule has 0 atom stereocenters. The van der Waals surface area contributed by atoms with Crippen LogP contribution in [0, 0.1) is 17.9 Å². The molecule has 0 amide bonds. The highest BCUT2D eigenvalue weighted by Crippen LogP contribution is 2.31. The molecule has 0 bridgehead atoms. The summed E-state index contributed by atoms with van der Waals surface area (Å²) in [5.74, 6) is -0.340. The third-order valence-electron chi connectivity index (χ3n) is 3.40. The van der Waals surface area contributed by atoms with Crippen LogP contribution in [0.2, 0.25) is 0 Å². The van der Waals surface area contributed by atoms with E-state index in [1.165, 1.54) is 12.1 Å². The molecule has 0 saturated carbocycles. The zero-order valence-electron chi connectivity index (χ0n) is 14.6. The van der Waals surface area contributed by atoms with Gasteiger partial charge in [0.25, 0.3) is 10.1 Å². The highest BCUT2D eigenvalue weighted by molar-refractivity contribution is 14.1. The lowest BCUT2D eigenvalue weighted by Gasteiger charge is -2.10. The molecule has 0 unspecified atom stereocenters. The lowest BCUT2D eigenvalue weighted by molar-refractivity contribution is -0.136. The molecule has 0 aliphatic carbocycles. The summed E-state index contributed by atoms with van der Waals surface area (Å²) >= 11 is 9.87. The Labute approximate surface area is 241 Å². The van der Waals surface area contributed by atoms with Crippen molar-refractivity contribution < 1.29 is 32.0 Å². The molecular formula is C17H11I5O7S. The number of benzene rings is 2. The lowest BCUT2D eigenvalue weighted by atomic mass is 10.2. The molecule has 7 nitrogen and oxygen atoms in total. The van der Waals surface area contributed by atoms with Crippen molar-refractivity contribution >= 4 is 135 Å². The van der Waals surface area contributed by atoms with Crippen LogP contribution in [0.3, 0.4) is 0 Å². The molecule has 2 aromatic rings. The minimum atomic E-state index is -4.38. The van der Waals surface area contributed by atoms with Gasteiger partial charge >= 0.3 is 11.9 Å². The van der Waals surface area contributed by atoms with Crippen LogP contribution in [0.25, 0.3) is 0 Å². The summed E-state index contributed by atoms with van der Waals surface area (Å²) in [7, 11) is -4.38. The summed E-state index contributed by atoms with van der Waals surface area (Å²) in [6.07, 6.45) is 0.277. The summed E-state index contributed by atoms with van der Waals surface area (Å²) in [6, 6.07) is 6.50. The molecule has 0 saturated heterocycles. The molecule has 2 rings (SSSR count). The maximum absolute atomic E-state index is 12.1. The molecule has 2 aromatic carbocycles. The quantitative estimate of drug-likeness (QED) is 0.166. The van der Waals surface area contributed by atoms with Crippen LogP contribution < -0.4 is 9.47 Å². The van der Waals surface area contributed by atoms with Crippen LogP contribution in [-0.2, 0) is 19.7 Å². The average Bonchev–Trinajstić information content (AvgIpc) is 2.56. The van der Waals surface area contributed by atoms with E-state index in [2.05, 4.69) is 67.8 Å². The van der Waals surface area contributed by atoms with E-state index < -0.39 is 22.1 Å². The Morgan fingerprint density at radius 2 is 1.27 bits per heavy atom. The number of carbonyl (C=O) groups excluding carboxylic acids is 2. The number of rotatable bonds is 7. The summed E-state index contributed by atoms with van der Waals surface area (Å²) in [5.41, 5.74) is 0. The van der Waals surface area contributed by atoms with Crippen LogP contribution >= 0.6 is 113 Å². The molecule has 0 fully saturated rings. The topological polar surface area (TPSA) is 107 Å². The minimum Gasteiger partial charge on any atom is -0.426 e. The van der Waals surface area contributed by atoms with E-state index in [-0.39, 0.29) is 37.0 Å². The predicted molar refractivity (Wildman–Crippen MR) is 151 cm³/mol. The first-order chi connectivity index (χ1) is 13.9. The molecule has 0 radical (unpaired) electrons. The summed E-state index contributed by atoms with van der Waals surface area (Å²) in [4.78, 5) is 23.9. The number of hydrogen-bond donors (Lipinski definition) is 1. The lowest BCUT2D eigenvalue weighted by Crippen LogP contribution is -2.13. The first kappa shape index (κ1) is 27.2. The van der Waals surface area contributed by atoms with Crippen LogP contribution in [0.5, 0.6) is 11.5 Å². The zero-order valence-corrected chi connectivity index (χ0v) is 26.2. The van der Waals surface area contributed by atoms with Gasteiger partial charge in [0.15, 0.2) is 5.75 Å². The fourth-order valence-corrected chi connectivity index (χ4v) is 9.99. The minimum absolute atomic E-state index is 0.0107. The van der Waals surface area contributed by atoms with Gasteiger partial charge < -0.3 is 9.47 Å². The van der Waals surface area contributed by atoms with Crippen molar-refractivity contribution in [1.29, 1.82) is 0 Å². The van der Waals surface area contributed by atoms with Crippen LogP contribution in [0.1, 0.15) is 19.3 Å². The third kappa shape index (κ3) is 8.06. The second-order valence-electron chi connectivity index (χ2n) is 5.69. The molecule has 0 aliphatic heterocycles. The molecule has 0 aliphatic rings. The van der Waals surface area contributed by atoms with Crippen molar-refractivity contribution in [2.45, 2.75) is 24.2 Å². The molecule has 162 valence electrons. The van der Waals surface area contributed by atoms with Crippen molar-refractivity contribution in [3.8, 4) is 11.5 Å². The van der Waals surface area contributed by atoms with Gasteiger partial charge in [0.1, 0.15) is 10.6 Å². The summed E-state index contributed by atoms with van der Waals surface area (Å²) in [5, 5.41) is 0. The van der Waals surface area contributed by atoms with Crippen LogP contribution in [0.15, 0.2) is 29.2 Å². The van der Waals surface area contributed by atoms with E-state index in [1.54, 1.807) is 45.2 Å². The monoisotopic (exact) mass is 994 g/mol. The Balaban J connectivity index is 1.91. The van der Waals surface area contributed by atoms with Crippen LogP contribution in [-0.4, -0.2) is 24.9 Å². The van der Waals surface area contributed by atoms with E-state index in [1.807, 2.05) is 12.1 Å². The van der Waals surface area contributed by atoms with Crippen molar-refractivity contribution in [3.63, 3.8) is 0 Å². The summed E-state index contributed by atoms with van der Waals surface area (Å²) in [6.45, 7) is 0. The number of carbonyl (C=O) groups is 2. The van der Waals surface area contributed by atoms with Crippen molar-refractivity contribution in [2.75, 3.05) is 0 Å². The Morgan fingerprint density at radius 1 is 0.800 bits per heavy atom. The van der Waals surface area contributed by atoms with Gasteiger partial charge in [-0.05, 0) is 144 Å². The molecule has 1 N–H and O–H groups in total. The molecule has 0 heterocycles. The fraction of sp³-hybridized carbons (Fsp3) is 0.176. The van der Waals surface area contributed by atoms with Gasteiger partial charge in [-0.1, -0.05) is 0 Å². The van der Waals surface area contributed by atoms with Gasteiger partial charge in [-0.3, -0.25) is 14.1 Å². The Morgan fingerprint density at radius 3 is 1.73 bits per heavy atom. The van der Waals surface area contributed by atoms with Crippen LogP contribution in [0.4, 0.5) is 0 Å². The fourth-order valence-electron chi connectivity index (χ4n) is 2.19. The van der Waals surface area contributed by atoms with Crippen molar-refractivity contribution in [2.24, 2.45) is 0 Å². The maximum atomic E-state index is 12.1. The number of esters is 2. The predicted octanol–water partition coefficient (Wildman–Crippen LogP) is 5.64. The van der Waals surface area contributed by atoms with Gasteiger partial charge in [-0.15, -0.1) is 0 Å². The maximum Gasteiger partial charge on any atom is 0.311 e. The van der Waals surface area contributed by atoms with Gasteiger partial charge in [0.05, 0.1) is 7.14 Å². The third-order valence-corrected chi connectivity index (χ3v) is 9.02. The number of halogens is 5. The SMILES string of the molecule is O=C(CCCC(=O)Oc1c(I)cc(I)cc1I)Oc1cc(I)c(S(=O)(=O)O)c(I)c1. The first-order valence-corrected chi connectivity index (χ1v) is 14.7. The van der Waals surface area contributed by atoms with Gasteiger partial charge in [0.2, 0.25) is 0 Å². The number of ether oxygens (including phenoxy) is 2. The van der Waals surface area contributed by atoms with Crippen molar-refractivity contribution in [3.05, 3.63) is 42.1 Å². The summed E-state index contributed by atoms with van der Waals surface area (Å²) < 4.78 is 45.8. The Hall–Kier alpha value is 0.940. The molecule has 13 heteroatoms. The van der Waals surface area contributed by atoms with E-state index >= 15 is 0 Å². The smallest absolute Gasteiger partial charge is 0.311 e. The standard InChI is InChI=1S/C17H11I5O7S/c18-8-4-10(19)16(11(20)5-8)29-15(24)3-1-2-14(23)28-9-6-12(21)17(13(22)7-9)30(25,26)27/h4-7H,1-3H2,(H,25,26,27). The van der Waals surface area contributed by atoms with Gasteiger partial charge in [0, 0.05) is 23.6 Å². The Bertz CT molecular complexity index is 1060.